The minimum atomic E-state index is -4.42. The SMILES string of the molecule is CCN1CCCCC1c1nn(-c2ccccc2C(F)(F)F)c2c1CCCCN2. The first-order chi connectivity index (χ1) is 13.5. The van der Waals surface area contributed by atoms with Crippen LogP contribution in [0.3, 0.4) is 0 Å². The van der Waals surface area contributed by atoms with Gasteiger partial charge in [0, 0.05) is 12.1 Å². The van der Waals surface area contributed by atoms with Gasteiger partial charge in [0.2, 0.25) is 0 Å². The van der Waals surface area contributed by atoms with E-state index in [1.807, 2.05) is 0 Å². The highest BCUT2D eigenvalue weighted by atomic mass is 19.4. The Kier molecular flexibility index (Phi) is 5.36. The lowest BCUT2D eigenvalue weighted by Crippen LogP contribution is -2.34. The molecular formula is C21H27F3N4. The van der Waals surface area contributed by atoms with Gasteiger partial charge in [-0.1, -0.05) is 25.5 Å². The number of benzene rings is 1. The summed E-state index contributed by atoms with van der Waals surface area (Å²) in [6.07, 6.45) is 1.80. The summed E-state index contributed by atoms with van der Waals surface area (Å²) < 4.78 is 42.5. The predicted octanol–water partition coefficient (Wildman–Crippen LogP) is 5.19. The van der Waals surface area contributed by atoms with Crippen LogP contribution in [0.15, 0.2) is 24.3 Å². The Morgan fingerprint density at radius 2 is 1.96 bits per heavy atom. The minimum Gasteiger partial charge on any atom is -0.370 e. The van der Waals surface area contributed by atoms with Crippen molar-refractivity contribution in [3.63, 3.8) is 0 Å². The molecule has 3 heterocycles. The summed E-state index contributed by atoms with van der Waals surface area (Å²) in [4.78, 5) is 2.41. The second kappa shape index (κ2) is 7.78. The van der Waals surface area contributed by atoms with E-state index in [9.17, 15) is 13.2 Å². The van der Waals surface area contributed by atoms with Gasteiger partial charge in [0.05, 0.1) is 23.0 Å². The van der Waals surface area contributed by atoms with Gasteiger partial charge < -0.3 is 5.32 Å². The lowest BCUT2D eigenvalue weighted by Gasteiger charge is -2.34. The Labute approximate surface area is 163 Å². The van der Waals surface area contributed by atoms with Gasteiger partial charge in [-0.15, -0.1) is 0 Å². The molecule has 0 radical (unpaired) electrons. The van der Waals surface area contributed by atoms with Crippen LogP contribution in [0.2, 0.25) is 0 Å². The highest BCUT2D eigenvalue weighted by Gasteiger charge is 2.36. The number of para-hydroxylation sites is 1. The molecule has 1 aromatic heterocycles. The average Bonchev–Trinajstić information content (AvgIpc) is 2.87. The Balaban J connectivity index is 1.87. The molecule has 1 saturated heterocycles. The Hall–Kier alpha value is -2.02. The van der Waals surface area contributed by atoms with Gasteiger partial charge in [-0.2, -0.15) is 18.3 Å². The van der Waals surface area contributed by atoms with Gasteiger partial charge in [-0.3, -0.25) is 4.90 Å². The maximum Gasteiger partial charge on any atom is 0.418 e. The van der Waals surface area contributed by atoms with Crippen molar-refractivity contribution in [2.24, 2.45) is 0 Å². The van der Waals surface area contributed by atoms with E-state index in [0.717, 1.165) is 74.9 Å². The molecule has 1 fully saturated rings. The molecule has 0 aliphatic carbocycles. The number of nitrogens with zero attached hydrogens (tertiary/aromatic N) is 3. The fraction of sp³-hybridized carbons (Fsp3) is 0.571. The van der Waals surface area contributed by atoms with Crippen LogP contribution in [-0.2, 0) is 12.6 Å². The molecule has 1 unspecified atom stereocenters. The number of piperidine rings is 1. The molecule has 1 N–H and O–H groups in total. The van der Waals surface area contributed by atoms with E-state index in [2.05, 4.69) is 17.1 Å². The monoisotopic (exact) mass is 392 g/mol. The molecule has 2 aliphatic heterocycles. The molecular weight excluding hydrogens is 365 g/mol. The van der Waals surface area contributed by atoms with Crippen molar-refractivity contribution in [3.05, 3.63) is 41.1 Å². The topological polar surface area (TPSA) is 33.1 Å². The fourth-order valence-corrected chi connectivity index (χ4v) is 4.55. The Morgan fingerprint density at radius 1 is 1.14 bits per heavy atom. The number of likely N-dealkylation sites (tertiary alicyclic amines) is 1. The zero-order valence-corrected chi connectivity index (χ0v) is 16.2. The summed E-state index contributed by atoms with van der Waals surface area (Å²) in [5.41, 5.74) is 1.52. The van der Waals surface area contributed by atoms with Crippen LogP contribution in [0, 0.1) is 0 Å². The fourth-order valence-electron chi connectivity index (χ4n) is 4.55. The van der Waals surface area contributed by atoms with Crippen LogP contribution in [-0.4, -0.2) is 34.3 Å². The number of rotatable bonds is 3. The number of alkyl halides is 3. The first kappa shape index (κ1) is 19.3. The van der Waals surface area contributed by atoms with Crippen molar-refractivity contribution in [2.45, 2.75) is 57.7 Å². The molecule has 0 saturated carbocycles. The third-order valence-electron chi connectivity index (χ3n) is 5.93. The van der Waals surface area contributed by atoms with Gasteiger partial charge in [-0.25, -0.2) is 4.68 Å². The zero-order valence-electron chi connectivity index (χ0n) is 16.2. The second-order valence-electron chi connectivity index (χ2n) is 7.66. The molecule has 1 aromatic carbocycles. The van der Waals surface area contributed by atoms with Crippen molar-refractivity contribution < 1.29 is 13.2 Å². The normalized spacial score (nSPS) is 21.1. The number of halogens is 3. The molecule has 0 amide bonds. The zero-order chi connectivity index (χ0) is 19.7. The molecule has 0 spiro atoms. The van der Waals surface area contributed by atoms with Gasteiger partial charge in [0.1, 0.15) is 5.82 Å². The van der Waals surface area contributed by atoms with Crippen LogP contribution >= 0.6 is 0 Å². The maximum absolute atomic E-state index is 13.7. The third kappa shape index (κ3) is 3.52. The lowest BCUT2D eigenvalue weighted by atomic mass is 9.95. The van der Waals surface area contributed by atoms with E-state index >= 15 is 0 Å². The van der Waals surface area contributed by atoms with E-state index < -0.39 is 11.7 Å². The van der Waals surface area contributed by atoms with Gasteiger partial charge in [-0.05, 0) is 57.3 Å². The van der Waals surface area contributed by atoms with Crippen LogP contribution < -0.4 is 5.32 Å². The quantitative estimate of drug-likeness (QED) is 0.781. The Bertz CT molecular complexity index is 828. The highest BCUT2D eigenvalue weighted by molar-refractivity contribution is 5.57. The number of fused-ring (bicyclic) bond motifs is 1. The number of anilines is 1. The first-order valence-electron chi connectivity index (χ1n) is 10.3. The van der Waals surface area contributed by atoms with Crippen molar-refractivity contribution in [1.82, 2.24) is 14.7 Å². The van der Waals surface area contributed by atoms with Gasteiger partial charge in [0.15, 0.2) is 0 Å². The van der Waals surface area contributed by atoms with Gasteiger partial charge in [0.25, 0.3) is 0 Å². The highest BCUT2D eigenvalue weighted by Crippen LogP contribution is 2.40. The van der Waals surface area contributed by atoms with E-state index in [4.69, 9.17) is 5.10 Å². The van der Waals surface area contributed by atoms with Crippen molar-refractivity contribution in [1.29, 1.82) is 0 Å². The van der Waals surface area contributed by atoms with Crippen LogP contribution in [0.4, 0.5) is 19.0 Å². The smallest absolute Gasteiger partial charge is 0.370 e. The van der Waals surface area contributed by atoms with E-state index in [1.165, 1.54) is 23.2 Å². The predicted molar refractivity (Wildman–Crippen MR) is 104 cm³/mol. The summed E-state index contributed by atoms with van der Waals surface area (Å²) in [6.45, 7) is 4.86. The Morgan fingerprint density at radius 3 is 2.75 bits per heavy atom. The number of aromatic nitrogens is 2. The summed E-state index contributed by atoms with van der Waals surface area (Å²) in [7, 11) is 0. The van der Waals surface area contributed by atoms with Crippen LogP contribution in [0.5, 0.6) is 0 Å². The van der Waals surface area contributed by atoms with E-state index in [1.54, 1.807) is 6.07 Å². The lowest BCUT2D eigenvalue weighted by molar-refractivity contribution is -0.137. The van der Waals surface area contributed by atoms with Crippen molar-refractivity contribution >= 4 is 5.82 Å². The van der Waals surface area contributed by atoms with E-state index in [-0.39, 0.29) is 11.7 Å². The first-order valence-corrected chi connectivity index (χ1v) is 10.3. The molecule has 0 bridgehead atoms. The van der Waals surface area contributed by atoms with Crippen LogP contribution in [0.1, 0.15) is 61.9 Å². The summed E-state index contributed by atoms with van der Waals surface area (Å²) >= 11 is 0. The molecule has 7 heteroatoms. The molecule has 152 valence electrons. The minimum absolute atomic E-state index is 0.103. The molecule has 28 heavy (non-hydrogen) atoms. The van der Waals surface area contributed by atoms with Crippen molar-refractivity contribution in [2.75, 3.05) is 25.0 Å². The van der Waals surface area contributed by atoms with Crippen LogP contribution in [0.25, 0.3) is 5.69 Å². The molecule has 4 nitrogen and oxygen atoms in total. The third-order valence-corrected chi connectivity index (χ3v) is 5.93. The number of hydrogen-bond donors (Lipinski definition) is 1. The number of hydrogen-bond acceptors (Lipinski definition) is 3. The standard InChI is InChI=1S/C21H27F3N4/c1-2-27-14-8-6-12-18(27)19-15-9-5-7-13-25-20(15)28(26-19)17-11-4-3-10-16(17)21(22,23)24/h3-4,10-11,18,25H,2,5-9,12-14H2,1H3. The molecule has 1 atom stereocenters. The average molecular weight is 392 g/mol. The van der Waals surface area contributed by atoms with Crippen molar-refractivity contribution in [3.8, 4) is 5.69 Å². The second-order valence-corrected chi connectivity index (χ2v) is 7.66. The summed E-state index contributed by atoms with van der Waals surface area (Å²) in [6, 6.07) is 5.92. The summed E-state index contributed by atoms with van der Waals surface area (Å²) in [5.74, 6) is 0.742. The molecule has 2 aliphatic rings. The summed E-state index contributed by atoms with van der Waals surface area (Å²) in [5, 5.41) is 8.19. The molecule has 2 aromatic rings. The maximum atomic E-state index is 13.7. The van der Waals surface area contributed by atoms with E-state index in [0.29, 0.717) is 0 Å². The molecule has 4 rings (SSSR count). The van der Waals surface area contributed by atoms with Gasteiger partial charge >= 0.3 is 6.18 Å². The number of nitrogens with one attached hydrogen (secondary N) is 1. The largest absolute Gasteiger partial charge is 0.418 e.